The number of ether oxygens (including phenoxy) is 1. The van der Waals surface area contributed by atoms with Crippen LogP contribution in [-0.4, -0.2) is 45.8 Å². The molecule has 0 spiro atoms. The van der Waals surface area contributed by atoms with Crippen molar-refractivity contribution in [3.05, 3.63) is 21.7 Å². The molecule has 1 saturated carbocycles. The van der Waals surface area contributed by atoms with Gasteiger partial charge in [-0.3, -0.25) is 9.59 Å². The first-order valence-corrected chi connectivity index (χ1v) is 12.0. The number of aryl methyl sites for hydroxylation is 1. The molecule has 1 aliphatic rings. The van der Waals surface area contributed by atoms with Crippen molar-refractivity contribution in [1.29, 1.82) is 0 Å². The molecule has 0 radical (unpaired) electrons. The lowest BCUT2D eigenvalue weighted by Gasteiger charge is -2.36. The number of rotatable bonds is 4. The molecule has 5 atom stereocenters. The van der Waals surface area contributed by atoms with Crippen molar-refractivity contribution < 1.29 is 24.5 Å². The van der Waals surface area contributed by atoms with Gasteiger partial charge >= 0.3 is 5.97 Å². The Morgan fingerprint density at radius 1 is 1.29 bits per heavy atom. The third-order valence-electron chi connectivity index (χ3n) is 6.46. The van der Waals surface area contributed by atoms with Gasteiger partial charge in [-0.25, -0.2) is 4.98 Å². The summed E-state index contributed by atoms with van der Waals surface area (Å²) in [6.45, 7) is 10.9. The van der Waals surface area contributed by atoms with Crippen LogP contribution in [0, 0.1) is 30.1 Å². The summed E-state index contributed by atoms with van der Waals surface area (Å²) in [4.78, 5) is 30.4. The highest BCUT2D eigenvalue weighted by Gasteiger charge is 2.46. The number of carbonyl (C=O) groups is 2. The molecule has 2 N–H and O–H groups in total. The van der Waals surface area contributed by atoms with Crippen LogP contribution in [0.25, 0.3) is 6.08 Å². The van der Waals surface area contributed by atoms with E-state index in [0.29, 0.717) is 6.42 Å². The molecule has 0 aliphatic heterocycles. The van der Waals surface area contributed by atoms with Crippen LogP contribution in [-0.2, 0) is 14.3 Å². The van der Waals surface area contributed by atoms with Gasteiger partial charge < -0.3 is 14.9 Å². The monoisotopic (exact) mass is 451 g/mol. The zero-order chi connectivity index (χ0) is 23.3. The second kappa shape index (κ2) is 10.8. The van der Waals surface area contributed by atoms with Crippen LogP contribution in [0.15, 0.2) is 11.0 Å². The predicted octanol–water partition coefficient (Wildman–Crippen LogP) is 4.18. The number of aliphatic hydroxyl groups excluding tert-OH is 2. The van der Waals surface area contributed by atoms with Gasteiger partial charge in [0.05, 0.1) is 34.2 Å². The summed E-state index contributed by atoms with van der Waals surface area (Å²) >= 11 is 1.56. The van der Waals surface area contributed by atoms with Crippen LogP contribution in [0.3, 0.4) is 0 Å². The normalized spacial score (nSPS) is 30.5. The Hall–Kier alpha value is -1.57. The van der Waals surface area contributed by atoms with E-state index in [-0.39, 0.29) is 18.3 Å². The standard InChI is InChI=1S/C24H37NO5S/c1-14(11-18-13-31-17(4)25-18)12-30-23(29)19-10-8-7-9-15(2)20(26)16(3)21(27)24(5,6)22(19)28/h11,13,15-16,19-20,22,26,28H,7-10,12H2,1-6H3/b14-11+/t15-,16+,19-,20-,22-/m0/s1. The predicted molar refractivity (Wildman–Crippen MR) is 123 cm³/mol. The number of ketones is 1. The van der Waals surface area contributed by atoms with E-state index in [2.05, 4.69) is 4.98 Å². The van der Waals surface area contributed by atoms with Gasteiger partial charge in [0.2, 0.25) is 0 Å². The lowest BCUT2D eigenvalue weighted by molar-refractivity contribution is -0.159. The van der Waals surface area contributed by atoms with E-state index in [9.17, 15) is 19.8 Å². The lowest BCUT2D eigenvalue weighted by atomic mass is 9.70. The van der Waals surface area contributed by atoms with E-state index >= 15 is 0 Å². The molecular formula is C24H37NO5S. The first-order chi connectivity index (χ1) is 14.4. The largest absolute Gasteiger partial charge is 0.461 e. The molecule has 1 fully saturated rings. The Morgan fingerprint density at radius 2 is 1.94 bits per heavy atom. The molecule has 0 saturated heterocycles. The van der Waals surface area contributed by atoms with Crippen molar-refractivity contribution in [3.63, 3.8) is 0 Å². The number of hydrogen-bond acceptors (Lipinski definition) is 7. The smallest absolute Gasteiger partial charge is 0.311 e. The third-order valence-corrected chi connectivity index (χ3v) is 7.26. The second-order valence-electron chi connectivity index (χ2n) is 9.57. The van der Waals surface area contributed by atoms with Crippen LogP contribution in [0.5, 0.6) is 0 Å². The van der Waals surface area contributed by atoms with Crippen molar-refractivity contribution in [1.82, 2.24) is 4.98 Å². The maximum atomic E-state index is 13.1. The fraction of sp³-hybridized carbons (Fsp3) is 0.708. The first-order valence-electron chi connectivity index (χ1n) is 11.1. The summed E-state index contributed by atoms with van der Waals surface area (Å²) in [5.74, 6) is -2.13. The molecule has 1 aromatic rings. The molecule has 1 aliphatic carbocycles. The van der Waals surface area contributed by atoms with Crippen LogP contribution in [0.1, 0.15) is 71.0 Å². The minimum Gasteiger partial charge on any atom is -0.461 e. The molecule has 0 unspecified atom stereocenters. The fourth-order valence-corrected chi connectivity index (χ4v) is 4.89. The van der Waals surface area contributed by atoms with Crippen molar-refractivity contribution in [2.24, 2.45) is 23.2 Å². The molecule has 174 valence electrons. The molecule has 2 rings (SSSR count). The van der Waals surface area contributed by atoms with Gasteiger partial charge in [0, 0.05) is 11.3 Å². The Bertz CT molecular complexity index is 800. The minimum absolute atomic E-state index is 0.0162. The van der Waals surface area contributed by atoms with Crippen molar-refractivity contribution in [2.45, 2.75) is 79.4 Å². The first kappa shape index (κ1) is 25.7. The molecule has 6 nitrogen and oxygen atoms in total. The maximum absolute atomic E-state index is 13.1. The molecule has 31 heavy (non-hydrogen) atoms. The highest BCUT2D eigenvalue weighted by atomic mass is 32.1. The highest BCUT2D eigenvalue weighted by Crippen LogP contribution is 2.36. The van der Waals surface area contributed by atoms with Gasteiger partial charge in [0.1, 0.15) is 12.4 Å². The number of aromatic nitrogens is 1. The molecule has 0 aromatic carbocycles. The van der Waals surface area contributed by atoms with Crippen LogP contribution in [0.2, 0.25) is 0 Å². The Balaban J connectivity index is 2.15. The van der Waals surface area contributed by atoms with Gasteiger partial charge in [0.15, 0.2) is 0 Å². The zero-order valence-electron chi connectivity index (χ0n) is 19.6. The van der Waals surface area contributed by atoms with Crippen LogP contribution >= 0.6 is 11.3 Å². The van der Waals surface area contributed by atoms with E-state index in [1.807, 2.05) is 32.2 Å². The average molecular weight is 452 g/mol. The number of hydrogen-bond donors (Lipinski definition) is 2. The topological polar surface area (TPSA) is 96.7 Å². The zero-order valence-corrected chi connectivity index (χ0v) is 20.4. The number of aliphatic hydroxyl groups is 2. The SMILES string of the molecule is C/C(=C\c1csc(C)n1)COC(=O)[C@H]1CCCC[C@H](C)[C@H](O)[C@@H](C)C(=O)C(C)(C)[C@H]1O. The highest BCUT2D eigenvalue weighted by molar-refractivity contribution is 7.09. The quantitative estimate of drug-likeness (QED) is 0.667. The summed E-state index contributed by atoms with van der Waals surface area (Å²) in [6.07, 6.45) is 2.69. The molecule has 0 amide bonds. The number of Topliss-reactive ketones (excluding diaryl/α,β-unsaturated/α-hetero) is 1. The summed E-state index contributed by atoms with van der Waals surface area (Å²) in [7, 11) is 0. The Morgan fingerprint density at radius 3 is 2.55 bits per heavy atom. The lowest BCUT2D eigenvalue weighted by Crippen LogP contribution is -2.49. The second-order valence-corrected chi connectivity index (χ2v) is 10.6. The van der Waals surface area contributed by atoms with E-state index in [1.165, 1.54) is 0 Å². The average Bonchev–Trinajstić information content (AvgIpc) is 3.13. The minimum atomic E-state index is -1.18. The Kier molecular flexibility index (Phi) is 8.98. The van der Waals surface area contributed by atoms with E-state index in [4.69, 9.17) is 4.74 Å². The summed E-state index contributed by atoms with van der Waals surface area (Å²) in [5.41, 5.74) is 0.516. The fourth-order valence-electron chi connectivity index (χ4n) is 4.32. The van der Waals surface area contributed by atoms with Crippen LogP contribution < -0.4 is 0 Å². The molecule has 0 bridgehead atoms. The number of nitrogens with zero attached hydrogens (tertiary/aromatic N) is 1. The number of carbonyl (C=O) groups excluding carboxylic acids is 2. The van der Waals surface area contributed by atoms with E-state index < -0.39 is 35.4 Å². The summed E-state index contributed by atoms with van der Waals surface area (Å²) in [6, 6.07) is 0. The van der Waals surface area contributed by atoms with Gasteiger partial charge in [-0.1, -0.05) is 40.5 Å². The van der Waals surface area contributed by atoms with Gasteiger partial charge in [0.25, 0.3) is 0 Å². The van der Waals surface area contributed by atoms with Crippen molar-refractivity contribution in [3.8, 4) is 0 Å². The van der Waals surface area contributed by atoms with Gasteiger partial charge in [-0.05, 0) is 44.3 Å². The van der Waals surface area contributed by atoms with E-state index in [0.717, 1.165) is 35.5 Å². The third kappa shape index (κ3) is 6.46. The number of thiazole rings is 1. The summed E-state index contributed by atoms with van der Waals surface area (Å²) in [5, 5.41) is 24.6. The number of esters is 1. The van der Waals surface area contributed by atoms with Crippen molar-refractivity contribution >= 4 is 29.2 Å². The van der Waals surface area contributed by atoms with E-state index in [1.54, 1.807) is 32.1 Å². The van der Waals surface area contributed by atoms with Crippen molar-refractivity contribution in [2.75, 3.05) is 6.61 Å². The molecule has 1 aromatic heterocycles. The molecular weight excluding hydrogens is 414 g/mol. The molecule has 1 heterocycles. The maximum Gasteiger partial charge on any atom is 0.311 e. The summed E-state index contributed by atoms with van der Waals surface area (Å²) < 4.78 is 5.54. The van der Waals surface area contributed by atoms with Crippen LogP contribution in [0.4, 0.5) is 0 Å². The van der Waals surface area contributed by atoms with Gasteiger partial charge in [-0.2, -0.15) is 0 Å². The Labute approximate surface area is 189 Å². The molecule has 7 heteroatoms. The van der Waals surface area contributed by atoms with Gasteiger partial charge in [-0.15, -0.1) is 11.3 Å².